The predicted molar refractivity (Wildman–Crippen MR) is 136 cm³/mol. The monoisotopic (exact) mass is 473 g/mol. The minimum absolute atomic E-state index is 0.0334. The fourth-order valence-corrected chi connectivity index (χ4v) is 5.48. The van der Waals surface area contributed by atoms with Gasteiger partial charge in [-0.25, -0.2) is 0 Å². The van der Waals surface area contributed by atoms with E-state index >= 15 is 0 Å². The quantitative estimate of drug-likeness (QED) is 0.606. The van der Waals surface area contributed by atoms with Crippen LogP contribution < -0.4 is 10.9 Å². The first-order valence-corrected chi connectivity index (χ1v) is 12.9. The summed E-state index contributed by atoms with van der Waals surface area (Å²) in [6.07, 6.45) is 2.82. The second kappa shape index (κ2) is 9.50. The molecule has 3 heterocycles. The van der Waals surface area contributed by atoms with Gasteiger partial charge in [-0.3, -0.25) is 14.4 Å². The van der Waals surface area contributed by atoms with Crippen molar-refractivity contribution in [2.75, 3.05) is 30.4 Å². The average molecular weight is 474 g/mol. The second-order valence-electron chi connectivity index (χ2n) is 9.02. The van der Waals surface area contributed by atoms with Crippen LogP contribution in [0, 0.1) is 5.92 Å². The van der Waals surface area contributed by atoms with Crippen LogP contribution in [0.3, 0.4) is 0 Å². The van der Waals surface area contributed by atoms with Gasteiger partial charge in [0.15, 0.2) is 0 Å². The van der Waals surface area contributed by atoms with Crippen LogP contribution in [0.4, 0.5) is 5.69 Å². The number of carbonyl (C=O) groups is 2. The number of fused-ring (bicyclic) bond motifs is 4. The maximum atomic E-state index is 13.3. The molecule has 0 unspecified atom stereocenters. The molecule has 1 aromatic heterocycles. The van der Waals surface area contributed by atoms with Crippen LogP contribution >= 0.6 is 11.8 Å². The van der Waals surface area contributed by atoms with Crippen molar-refractivity contribution in [2.24, 2.45) is 5.92 Å². The molecule has 7 heteroatoms. The first-order valence-electron chi connectivity index (χ1n) is 11.5. The topological polar surface area (TPSA) is 71.4 Å². The van der Waals surface area contributed by atoms with Crippen LogP contribution in [-0.2, 0) is 11.3 Å². The van der Waals surface area contributed by atoms with Crippen molar-refractivity contribution in [1.29, 1.82) is 0 Å². The Bertz CT molecular complexity index is 1270. The molecule has 2 bridgehead atoms. The summed E-state index contributed by atoms with van der Waals surface area (Å²) in [6.45, 7) is 1.78. The van der Waals surface area contributed by atoms with Gasteiger partial charge in [-0.15, -0.1) is 0 Å². The lowest BCUT2D eigenvalue weighted by molar-refractivity contribution is -0.113. The van der Waals surface area contributed by atoms with Crippen molar-refractivity contribution < 1.29 is 9.59 Å². The van der Waals surface area contributed by atoms with Crippen molar-refractivity contribution in [3.8, 4) is 11.1 Å². The van der Waals surface area contributed by atoms with Crippen LogP contribution in [0.5, 0.6) is 0 Å². The van der Waals surface area contributed by atoms with Gasteiger partial charge in [-0.2, -0.15) is 11.8 Å². The number of pyridine rings is 1. The summed E-state index contributed by atoms with van der Waals surface area (Å²) < 4.78 is 1.80. The number of amides is 2. The number of benzene rings is 2. The number of nitrogens with one attached hydrogen (secondary N) is 1. The molecule has 5 rings (SSSR count). The molecule has 2 atom stereocenters. The highest BCUT2D eigenvalue weighted by molar-refractivity contribution is 7.99. The number of thioether (sulfide) groups is 1. The molecule has 0 spiro atoms. The summed E-state index contributed by atoms with van der Waals surface area (Å²) >= 11 is 1.42. The van der Waals surface area contributed by atoms with Gasteiger partial charge in [-0.1, -0.05) is 42.5 Å². The van der Waals surface area contributed by atoms with Gasteiger partial charge in [0, 0.05) is 36.8 Å². The van der Waals surface area contributed by atoms with E-state index in [-0.39, 0.29) is 29.2 Å². The van der Waals surface area contributed by atoms with Crippen molar-refractivity contribution in [2.45, 2.75) is 18.9 Å². The van der Waals surface area contributed by atoms with E-state index in [2.05, 4.69) is 17.4 Å². The van der Waals surface area contributed by atoms with E-state index in [1.165, 1.54) is 11.8 Å². The highest BCUT2D eigenvalue weighted by Crippen LogP contribution is 2.36. The number of piperidine rings is 1. The predicted octanol–water partition coefficient (Wildman–Crippen LogP) is 4.08. The molecule has 3 aromatic rings. The van der Waals surface area contributed by atoms with E-state index < -0.39 is 0 Å². The van der Waals surface area contributed by atoms with Crippen LogP contribution in [0.2, 0.25) is 0 Å². The van der Waals surface area contributed by atoms with E-state index in [4.69, 9.17) is 0 Å². The molecule has 2 aliphatic rings. The lowest BCUT2D eigenvalue weighted by atomic mass is 9.83. The van der Waals surface area contributed by atoms with Gasteiger partial charge in [0.05, 0.1) is 5.75 Å². The maximum absolute atomic E-state index is 13.3. The standard InChI is InChI=1S/C27H27N3O3S/c1-34-17-25(31)28-23-11-12-24-22-13-18(15-30(24)27(23)33)14-29(16-22)26(32)21-9-7-20(8-10-21)19-5-3-2-4-6-19/h2-12,18,22H,13-17H2,1H3,(H,28,31)/t18-,22-/m1/s1. The molecule has 0 saturated carbocycles. The number of carbonyl (C=O) groups excluding carboxylic acids is 2. The number of anilines is 1. The lowest BCUT2D eigenvalue weighted by Crippen LogP contribution is -2.49. The fourth-order valence-electron chi connectivity index (χ4n) is 5.14. The molecule has 174 valence electrons. The van der Waals surface area contributed by atoms with E-state index in [9.17, 15) is 14.4 Å². The smallest absolute Gasteiger partial charge is 0.274 e. The van der Waals surface area contributed by atoms with Crippen LogP contribution in [-0.4, -0.2) is 46.4 Å². The number of likely N-dealkylation sites (tertiary alicyclic amines) is 1. The Morgan fingerprint density at radius 2 is 1.68 bits per heavy atom. The Balaban J connectivity index is 1.33. The summed E-state index contributed by atoms with van der Waals surface area (Å²) in [5, 5.41) is 2.73. The summed E-state index contributed by atoms with van der Waals surface area (Å²) in [5.74, 6) is 0.509. The summed E-state index contributed by atoms with van der Waals surface area (Å²) in [7, 11) is 0. The van der Waals surface area contributed by atoms with Crippen molar-refractivity contribution in [3.63, 3.8) is 0 Å². The summed E-state index contributed by atoms with van der Waals surface area (Å²) in [4.78, 5) is 40.2. The molecule has 34 heavy (non-hydrogen) atoms. The van der Waals surface area contributed by atoms with Gasteiger partial charge >= 0.3 is 0 Å². The zero-order valence-corrected chi connectivity index (χ0v) is 19.9. The zero-order chi connectivity index (χ0) is 23.7. The summed E-state index contributed by atoms with van der Waals surface area (Å²) in [6, 6.07) is 21.5. The highest BCUT2D eigenvalue weighted by Gasteiger charge is 2.37. The third-order valence-corrected chi connectivity index (χ3v) is 7.23. The molecule has 1 fully saturated rings. The molecule has 1 saturated heterocycles. The Morgan fingerprint density at radius 3 is 2.41 bits per heavy atom. The largest absolute Gasteiger partial charge is 0.338 e. The minimum atomic E-state index is -0.170. The Hall–Kier alpha value is -3.32. The lowest BCUT2D eigenvalue weighted by Gasteiger charge is -2.43. The number of nitrogens with zero attached hydrogens (tertiary/aromatic N) is 2. The molecule has 1 N–H and O–H groups in total. The molecular formula is C27H27N3O3S. The van der Waals surface area contributed by atoms with Gasteiger partial charge in [0.2, 0.25) is 5.91 Å². The normalized spacial score (nSPS) is 18.8. The van der Waals surface area contributed by atoms with Crippen molar-refractivity contribution in [1.82, 2.24) is 9.47 Å². The van der Waals surface area contributed by atoms with Gasteiger partial charge in [-0.05, 0) is 54.0 Å². The first-order chi connectivity index (χ1) is 16.5. The first kappa shape index (κ1) is 22.5. The van der Waals surface area contributed by atoms with Crippen molar-refractivity contribution >= 4 is 29.3 Å². The van der Waals surface area contributed by atoms with E-state index in [1.807, 2.05) is 59.7 Å². The SMILES string of the molecule is CSCC(=O)Nc1ccc2n(c1=O)C[C@@H]1C[C@@H]2CN(C(=O)c2ccc(-c3ccccc3)cc2)C1. The van der Waals surface area contributed by atoms with Crippen LogP contribution in [0.15, 0.2) is 71.5 Å². The average Bonchev–Trinajstić information content (AvgIpc) is 2.86. The number of aromatic nitrogens is 1. The number of rotatable bonds is 5. The molecule has 2 aliphatic heterocycles. The fraction of sp³-hybridized carbons (Fsp3) is 0.296. The zero-order valence-electron chi connectivity index (χ0n) is 19.1. The van der Waals surface area contributed by atoms with Crippen LogP contribution in [0.25, 0.3) is 11.1 Å². The van der Waals surface area contributed by atoms with Gasteiger partial charge in [0.1, 0.15) is 5.69 Å². The number of hydrogen-bond acceptors (Lipinski definition) is 4. The third-order valence-electron chi connectivity index (χ3n) is 6.68. The Kier molecular flexibility index (Phi) is 6.28. The molecule has 2 aromatic carbocycles. The molecular weight excluding hydrogens is 446 g/mol. The Labute approximate surface area is 203 Å². The molecule has 0 aliphatic carbocycles. The second-order valence-corrected chi connectivity index (χ2v) is 9.89. The Morgan fingerprint density at radius 1 is 0.941 bits per heavy atom. The van der Waals surface area contributed by atoms with Crippen LogP contribution in [0.1, 0.15) is 28.4 Å². The number of hydrogen-bond donors (Lipinski definition) is 1. The third kappa shape index (κ3) is 4.40. The van der Waals surface area contributed by atoms with E-state index in [0.717, 1.165) is 23.2 Å². The minimum Gasteiger partial charge on any atom is -0.338 e. The summed E-state index contributed by atoms with van der Waals surface area (Å²) in [5.41, 5.74) is 4.01. The highest BCUT2D eigenvalue weighted by atomic mass is 32.2. The van der Waals surface area contributed by atoms with Gasteiger partial charge in [0.25, 0.3) is 11.5 Å². The van der Waals surface area contributed by atoms with E-state index in [0.29, 0.717) is 36.6 Å². The molecule has 2 amide bonds. The van der Waals surface area contributed by atoms with Crippen molar-refractivity contribution in [3.05, 3.63) is 88.3 Å². The molecule has 0 radical (unpaired) electrons. The van der Waals surface area contributed by atoms with Gasteiger partial charge < -0.3 is 14.8 Å². The van der Waals surface area contributed by atoms with E-state index in [1.54, 1.807) is 10.6 Å². The maximum Gasteiger partial charge on any atom is 0.274 e. The molecule has 6 nitrogen and oxygen atoms in total.